The normalized spacial score (nSPS) is 20.6. The van der Waals surface area contributed by atoms with E-state index < -0.39 is 30.3 Å². The van der Waals surface area contributed by atoms with Crippen LogP contribution in [0.2, 0.25) is 0 Å². The summed E-state index contributed by atoms with van der Waals surface area (Å²) in [6, 6.07) is 19.3. The number of carbonyl (C=O) groups excluding carboxylic acids is 4. The van der Waals surface area contributed by atoms with Crippen molar-refractivity contribution >= 4 is 34.8 Å². The first-order chi connectivity index (χ1) is 29.3. The van der Waals surface area contributed by atoms with Gasteiger partial charge in [-0.05, 0) is 83.5 Å². The SMILES string of the molecule is COC(=O)N[C@H](C(=O)N1CC(C)=C[C@H]1c1ncc(-c2ccc3cc(-c4ccc(-c5cnc([C@@H]6[C@@H]7CC[C@@H](C7)N6C(=O)[C@@H](NC(=O)OC)C(C)C)[nH]5)cc4)ccc3c2)[nH]1)C(C)C. The second kappa shape index (κ2) is 16.9. The van der Waals surface area contributed by atoms with Crippen LogP contribution in [0.4, 0.5) is 9.59 Å². The van der Waals surface area contributed by atoms with Crippen molar-refractivity contribution in [1.82, 2.24) is 40.4 Å². The number of carbonyl (C=O) groups is 4. The highest BCUT2D eigenvalue weighted by Crippen LogP contribution is 2.50. The summed E-state index contributed by atoms with van der Waals surface area (Å²) in [4.78, 5) is 72.0. The zero-order valence-electron chi connectivity index (χ0n) is 35.7. The lowest BCUT2D eigenvalue weighted by Crippen LogP contribution is -2.54. The molecule has 3 aromatic carbocycles. The van der Waals surface area contributed by atoms with Crippen LogP contribution < -0.4 is 10.6 Å². The highest BCUT2D eigenvalue weighted by molar-refractivity contribution is 5.91. The van der Waals surface area contributed by atoms with Gasteiger partial charge < -0.3 is 39.9 Å². The maximum absolute atomic E-state index is 14.0. The molecule has 0 radical (unpaired) electrons. The molecule has 3 aliphatic rings. The van der Waals surface area contributed by atoms with Gasteiger partial charge in [0.2, 0.25) is 11.8 Å². The third-order valence-electron chi connectivity index (χ3n) is 12.5. The minimum atomic E-state index is -0.733. The Bertz CT molecular complexity index is 2490. The van der Waals surface area contributed by atoms with Crippen LogP contribution in [0.5, 0.6) is 0 Å². The van der Waals surface area contributed by atoms with Crippen molar-refractivity contribution in [2.45, 2.75) is 84.1 Å². The molecule has 4 amide bonds. The molecule has 4 N–H and O–H groups in total. The van der Waals surface area contributed by atoms with E-state index in [4.69, 9.17) is 19.4 Å². The summed E-state index contributed by atoms with van der Waals surface area (Å²) in [5, 5.41) is 7.63. The molecule has 1 saturated heterocycles. The smallest absolute Gasteiger partial charge is 0.407 e. The van der Waals surface area contributed by atoms with E-state index in [1.165, 1.54) is 14.2 Å². The number of nitrogens with zero attached hydrogens (tertiary/aromatic N) is 4. The Morgan fingerprint density at radius 1 is 0.705 bits per heavy atom. The number of piperidine rings is 1. The number of benzene rings is 3. The van der Waals surface area contributed by atoms with Gasteiger partial charge in [-0.1, -0.05) is 87.9 Å². The number of imidazole rings is 2. The van der Waals surface area contributed by atoms with Crippen molar-refractivity contribution < 1.29 is 28.7 Å². The third-order valence-corrected chi connectivity index (χ3v) is 12.5. The van der Waals surface area contributed by atoms with Gasteiger partial charge >= 0.3 is 12.2 Å². The maximum atomic E-state index is 14.0. The molecule has 0 unspecified atom stereocenters. The standard InChI is InChI=1S/C47H54N8O6/c1-25(2)39(52-46(58)60-6)44(56)54-24-27(5)18-38(54)42-48-23-37(50-42)33-15-14-31-19-30(12-13-32(31)20-33)28-8-10-29(11-9-28)36-22-49-43(51-36)41-34-16-17-35(21-34)55(41)45(57)40(26(3)4)53-47(59)61-7/h8-15,18-20,22-23,25-26,34-35,38-41H,16-17,21,24H2,1-7H3,(H,48,50)(H,49,51)(H,52,58)(H,53,59)/t34-,35+,38+,39+,40+,41+/m1/s1. The maximum Gasteiger partial charge on any atom is 0.407 e. The topological polar surface area (TPSA) is 175 Å². The Morgan fingerprint density at radius 3 is 1.89 bits per heavy atom. The summed E-state index contributed by atoms with van der Waals surface area (Å²) in [7, 11) is 2.59. The largest absolute Gasteiger partial charge is 0.453 e. The van der Waals surface area contributed by atoms with E-state index in [2.05, 4.69) is 81.3 Å². The second-order valence-electron chi connectivity index (χ2n) is 17.3. The van der Waals surface area contributed by atoms with Crippen LogP contribution in [0.3, 0.4) is 0 Å². The monoisotopic (exact) mass is 826 g/mol. The number of hydrogen-bond acceptors (Lipinski definition) is 8. The molecule has 14 nitrogen and oxygen atoms in total. The van der Waals surface area contributed by atoms with Gasteiger partial charge in [0.25, 0.3) is 0 Å². The molecular formula is C47H54N8O6. The zero-order chi connectivity index (χ0) is 43.1. The summed E-state index contributed by atoms with van der Waals surface area (Å²) in [5.41, 5.74) is 6.90. The van der Waals surface area contributed by atoms with E-state index >= 15 is 0 Å². The second-order valence-corrected chi connectivity index (χ2v) is 17.3. The zero-order valence-corrected chi connectivity index (χ0v) is 35.7. The van der Waals surface area contributed by atoms with Crippen molar-refractivity contribution in [1.29, 1.82) is 0 Å². The summed E-state index contributed by atoms with van der Waals surface area (Å²) in [6.07, 6.45) is 7.34. The average molecular weight is 827 g/mol. The van der Waals surface area contributed by atoms with Crippen LogP contribution in [0.1, 0.15) is 77.6 Å². The molecule has 2 fully saturated rings. The van der Waals surface area contributed by atoms with Crippen LogP contribution >= 0.6 is 0 Å². The summed E-state index contributed by atoms with van der Waals surface area (Å²) >= 11 is 0. The van der Waals surface area contributed by atoms with Crippen LogP contribution in [0.25, 0.3) is 44.4 Å². The fourth-order valence-electron chi connectivity index (χ4n) is 9.32. The average Bonchev–Trinajstić information content (AvgIpc) is 4.13. The number of aromatic amines is 2. The molecule has 0 spiro atoms. The molecule has 1 aliphatic carbocycles. The lowest BCUT2D eigenvalue weighted by Gasteiger charge is -2.37. The number of H-pyrrole nitrogens is 2. The third kappa shape index (κ3) is 8.10. The number of likely N-dealkylation sites (tertiary alicyclic amines) is 1. The summed E-state index contributed by atoms with van der Waals surface area (Å²) in [5.74, 6) is 1.21. The highest BCUT2D eigenvalue weighted by atomic mass is 16.5. The van der Waals surface area contributed by atoms with Gasteiger partial charge in [-0.3, -0.25) is 9.59 Å². The van der Waals surface area contributed by atoms with E-state index in [9.17, 15) is 19.2 Å². The van der Waals surface area contributed by atoms with Gasteiger partial charge in [-0.15, -0.1) is 0 Å². The van der Waals surface area contributed by atoms with E-state index in [1.54, 1.807) is 11.1 Å². The lowest BCUT2D eigenvalue weighted by molar-refractivity contribution is -0.139. The number of amides is 4. The number of rotatable bonds is 11. The van der Waals surface area contributed by atoms with E-state index in [0.29, 0.717) is 18.3 Å². The molecule has 8 rings (SSSR count). The van der Waals surface area contributed by atoms with Crippen LogP contribution in [-0.4, -0.2) is 92.6 Å². The van der Waals surface area contributed by atoms with Gasteiger partial charge in [-0.2, -0.15) is 0 Å². The lowest BCUT2D eigenvalue weighted by atomic mass is 9.95. The molecule has 61 heavy (non-hydrogen) atoms. The number of methoxy groups -OCH3 is 2. The molecule has 14 heteroatoms. The molecule has 1 saturated carbocycles. The van der Waals surface area contributed by atoms with E-state index in [0.717, 1.165) is 75.1 Å². The molecular weight excluding hydrogens is 773 g/mol. The Balaban J connectivity index is 0.963. The van der Waals surface area contributed by atoms with Crippen molar-refractivity contribution in [2.75, 3.05) is 20.8 Å². The van der Waals surface area contributed by atoms with Gasteiger partial charge in [0, 0.05) is 18.2 Å². The van der Waals surface area contributed by atoms with Crippen molar-refractivity contribution in [3.05, 3.63) is 96.4 Å². The first-order valence-corrected chi connectivity index (χ1v) is 21.1. The molecule has 4 heterocycles. The molecule has 6 atom stereocenters. The predicted octanol–water partition coefficient (Wildman–Crippen LogP) is 7.93. The van der Waals surface area contributed by atoms with Crippen LogP contribution in [0.15, 0.2) is 84.7 Å². The predicted molar refractivity (Wildman–Crippen MR) is 232 cm³/mol. The fourth-order valence-corrected chi connectivity index (χ4v) is 9.32. The van der Waals surface area contributed by atoms with Crippen LogP contribution in [0, 0.1) is 17.8 Å². The first kappa shape index (κ1) is 41.3. The van der Waals surface area contributed by atoms with Crippen molar-refractivity contribution in [2.24, 2.45) is 17.8 Å². The highest BCUT2D eigenvalue weighted by Gasteiger charge is 2.51. The number of hydrogen-bond donors (Lipinski definition) is 4. The van der Waals surface area contributed by atoms with Gasteiger partial charge in [0.1, 0.15) is 29.8 Å². The fraction of sp³-hybridized carbons (Fsp3) is 0.404. The van der Waals surface area contributed by atoms with Crippen LogP contribution in [-0.2, 0) is 19.1 Å². The number of aromatic nitrogens is 4. The van der Waals surface area contributed by atoms with Crippen molar-refractivity contribution in [3.8, 4) is 33.6 Å². The summed E-state index contributed by atoms with van der Waals surface area (Å²) < 4.78 is 9.60. The Kier molecular flexibility index (Phi) is 11.4. The first-order valence-electron chi connectivity index (χ1n) is 21.1. The molecule has 2 bridgehead atoms. The Labute approximate surface area is 355 Å². The minimum Gasteiger partial charge on any atom is -0.453 e. The van der Waals surface area contributed by atoms with Gasteiger partial charge in [0.05, 0.1) is 44.0 Å². The number of nitrogens with one attached hydrogen (secondary N) is 4. The van der Waals surface area contributed by atoms with E-state index in [-0.39, 0.29) is 35.7 Å². The Hall–Kier alpha value is -6.44. The quantitative estimate of drug-likeness (QED) is 0.0972. The van der Waals surface area contributed by atoms with E-state index in [1.807, 2.05) is 51.8 Å². The number of ether oxygens (including phenoxy) is 2. The molecule has 2 aliphatic heterocycles. The molecule has 5 aromatic rings. The minimum absolute atomic E-state index is 0.0939. The van der Waals surface area contributed by atoms with Gasteiger partial charge in [0.15, 0.2) is 0 Å². The van der Waals surface area contributed by atoms with Gasteiger partial charge in [-0.25, -0.2) is 19.6 Å². The summed E-state index contributed by atoms with van der Waals surface area (Å²) in [6.45, 7) is 10.1. The Morgan fingerprint density at radius 2 is 1.25 bits per heavy atom. The number of fused-ring (bicyclic) bond motifs is 3. The number of alkyl carbamates (subject to hydrolysis) is 2. The molecule has 318 valence electrons. The molecule has 2 aromatic heterocycles. The van der Waals surface area contributed by atoms with Crippen molar-refractivity contribution in [3.63, 3.8) is 0 Å².